The van der Waals surface area contributed by atoms with Gasteiger partial charge in [-0.3, -0.25) is 15.0 Å². The Hall–Kier alpha value is -6.72. The van der Waals surface area contributed by atoms with E-state index in [4.69, 9.17) is 9.40 Å². The van der Waals surface area contributed by atoms with Crippen LogP contribution in [0.2, 0.25) is 0 Å². The summed E-state index contributed by atoms with van der Waals surface area (Å²) in [7, 11) is 0. The molecule has 0 fully saturated rings. The monoisotopic (exact) mass is 1150 g/mol. The summed E-state index contributed by atoms with van der Waals surface area (Å²) in [4.78, 5) is 14.3. The maximum Gasteiger partial charge on any atom is 0.121 e. The number of rotatable bonds is 9. The Morgan fingerprint density at radius 3 is 1.84 bits per heavy atom. The number of fused-ring (bicyclic) bond motifs is 7. The number of aromatic nitrogens is 4. The summed E-state index contributed by atoms with van der Waals surface area (Å²) in [5.74, 6) is 3.34. The van der Waals surface area contributed by atoms with Gasteiger partial charge in [0.05, 0.1) is 28.3 Å². The predicted octanol–water partition coefficient (Wildman–Crippen LogP) is 19.2. The number of nitrogens with zero attached hydrogens (tertiary/aromatic N) is 4. The van der Waals surface area contributed by atoms with Crippen LogP contribution in [0.4, 0.5) is 0 Å². The van der Waals surface area contributed by atoms with Gasteiger partial charge in [-0.05, 0) is 133 Å². The van der Waals surface area contributed by atoms with Gasteiger partial charge in [0.2, 0.25) is 0 Å². The van der Waals surface area contributed by atoms with Crippen LogP contribution < -0.4 is 0 Å². The van der Waals surface area contributed by atoms with Crippen molar-refractivity contribution in [3.8, 4) is 39.6 Å². The molecule has 74 heavy (non-hydrogen) atoms. The molecule has 6 heteroatoms. The molecular weight excluding hydrogens is 1080 g/mol. The van der Waals surface area contributed by atoms with E-state index in [9.17, 15) is 0 Å². The van der Waals surface area contributed by atoms with Crippen LogP contribution in [0.15, 0.2) is 150 Å². The van der Waals surface area contributed by atoms with E-state index >= 15 is 0 Å². The van der Waals surface area contributed by atoms with Crippen LogP contribution in [-0.4, -0.2) is 19.5 Å². The Labute approximate surface area is 451 Å². The minimum absolute atomic E-state index is 0. The Morgan fingerprint density at radius 2 is 1.19 bits per heavy atom. The van der Waals surface area contributed by atoms with Crippen molar-refractivity contribution in [2.45, 2.75) is 125 Å². The zero-order valence-corrected chi connectivity index (χ0v) is 47.7. The van der Waals surface area contributed by atoms with E-state index in [0.717, 1.165) is 61.4 Å². The van der Waals surface area contributed by atoms with Crippen LogP contribution >= 0.6 is 0 Å². The molecule has 11 aromatic rings. The Balaban J connectivity index is 0.000000338. The normalized spacial score (nSPS) is 12.1. The van der Waals surface area contributed by atoms with E-state index < -0.39 is 0 Å². The van der Waals surface area contributed by atoms with Crippen molar-refractivity contribution in [2.75, 3.05) is 0 Å². The van der Waals surface area contributed by atoms with E-state index in [0.29, 0.717) is 17.8 Å². The van der Waals surface area contributed by atoms with Gasteiger partial charge in [0.25, 0.3) is 0 Å². The molecular formula is C68H68IrN4O-2. The molecule has 3 aromatic heterocycles. The summed E-state index contributed by atoms with van der Waals surface area (Å²) in [5.41, 5.74) is 17.5. The van der Waals surface area contributed by atoms with Crippen LogP contribution in [-0.2, 0) is 25.5 Å². The van der Waals surface area contributed by atoms with Crippen LogP contribution in [0.3, 0.4) is 0 Å². The van der Waals surface area contributed by atoms with E-state index in [1.54, 1.807) is 0 Å². The second kappa shape index (κ2) is 20.9. The maximum atomic E-state index is 6.93. The average molecular weight is 1150 g/mol. The third kappa shape index (κ3) is 9.76. The van der Waals surface area contributed by atoms with E-state index in [-0.39, 0.29) is 37.4 Å². The van der Waals surface area contributed by atoms with E-state index in [2.05, 4.69) is 220 Å². The smallest absolute Gasteiger partial charge is 0.121 e. The fraction of sp³-hybridized carbons (Fsp3) is 0.279. The van der Waals surface area contributed by atoms with Crippen molar-refractivity contribution < 1.29 is 24.5 Å². The second-order valence-corrected chi connectivity index (χ2v) is 22.5. The fourth-order valence-corrected chi connectivity index (χ4v) is 10.5. The van der Waals surface area contributed by atoms with Crippen molar-refractivity contribution in [1.82, 2.24) is 19.5 Å². The Kier molecular flexibility index (Phi) is 14.7. The van der Waals surface area contributed by atoms with Crippen LogP contribution in [0.1, 0.15) is 153 Å². The Morgan fingerprint density at radius 1 is 0.541 bits per heavy atom. The van der Waals surface area contributed by atoms with Crippen molar-refractivity contribution in [2.24, 2.45) is 0 Å². The quantitative estimate of drug-likeness (QED) is 0.107. The SMILES string of the molecule is CC(C)(C)c1ccnc(-c2[c-]cccc2)n1.CC(C)c1cc(C(C)C)c(-c2cc(C(C)C)c(-n3c(-c4[c-]ccc5c4oc4cc6c(ccc7ccccc76)cc45)nc4ccccc43)c(C(C)C)c2)c(C(C)C)c1.[Ir]. The van der Waals surface area contributed by atoms with Gasteiger partial charge in [-0.2, -0.15) is 0 Å². The number of hydrogen-bond acceptors (Lipinski definition) is 4. The molecule has 0 saturated heterocycles. The molecule has 0 N–H and O–H groups in total. The zero-order valence-electron chi connectivity index (χ0n) is 45.3. The van der Waals surface area contributed by atoms with Crippen molar-refractivity contribution in [3.63, 3.8) is 0 Å². The zero-order chi connectivity index (χ0) is 51.5. The van der Waals surface area contributed by atoms with Gasteiger partial charge in [0, 0.05) is 48.5 Å². The molecule has 0 atom stereocenters. The average Bonchev–Trinajstić information content (AvgIpc) is 3.95. The number of imidazole rings is 1. The molecule has 1 radical (unpaired) electrons. The first kappa shape index (κ1) is 52.2. The molecule has 0 amide bonds. The minimum Gasteiger partial charge on any atom is -0.501 e. The van der Waals surface area contributed by atoms with Crippen LogP contribution in [0.5, 0.6) is 0 Å². The number of furan rings is 1. The Bertz CT molecular complexity index is 3770. The van der Waals surface area contributed by atoms with Gasteiger partial charge in [-0.25, -0.2) is 0 Å². The first-order valence-corrected chi connectivity index (χ1v) is 26.3. The topological polar surface area (TPSA) is 56.7 Å². The molecule has 0 saturated carbocycles. The summed E-state index contributed by atoms with van der Waals surface area (Å²) in [6.07, 6.45) is 1.81. The number of hydrogen-bond donors (Lipinski definition) is 0. The summed E-state index contributed by atoms with van der Waals surface area (Å²) in [5, 5.41) is 7.03. The predicted molar refractivity (Wildman–Crippen MR) is 309 cm³/mol. The van der Waals surface area contributed by atoms with Gasteiger partial charge >= 0.3 is 0 Å². The molecule has 0 unspecified atom stereocenters. The number of benzene rings is 8. The van der Waals surface area contributed by atoms with Crippen molar-refractivity contribution >= 4 is 54.5 Å². The summed E-state index contributed by atoms with van der Waals surface area (Å²) in [6, 6.07) is 56.7. The molecule has 3 heterocycles. The van der Waals surface area contributed by atoms with E-state index in [1.165, 1.54) is 66.2 Å². The van der Waals surface area contributed by atoms with Gasteiger partial charge in [-0.1, -0.05) is 162 Å². The fourth-order valence-electron chi connectivity index (χ4n) is 10.5. The molecule has 0 aliphatic rings. The van der Waals surface area contributed by atoms with Crippen molar-refractivity contribution in [1.29, 1.82) is 0 Å². The first-order chi connectivity index (χ1) is 35.0. The third-order valence-corrected chi connectivity index (χ3v) is 14.5. The van der Waals surface area contributed by atoms with E-state index in [1.807, 2.05) is 42.6 Å². The molecule has 8 aromatic carbocycles. The molecule has 0 bridgehead atoms. The summed E-state index contributed by atoms with van der Waals surface area (Å²) < 4.78 is 9.34. The minimum atomic E-state index is 0. The summed E-state index contributed by atoms with van der Waals surface area (Å²) >= 11 is 0. The molecule has 0 spiro atoms. The molecule has 0 aliphatic carbocycles. The molecule has 377 valence electrons. The maximum absolute atomic E-state index is 6.93. The van der Waals surface area contributed by atoms with Gasteiger partial charge in [0.15, 0.2) is 0 Å². The molecule has 11 rings (SSSR count). The van der Waals surface area contributed by atoms with Crippen LogP contribution in [0.25, 0.3) is 94.1 Å². The second-order valence-electron chi connectivity index (χ2n) is 22.5. The largest absolute Gasteiger partial charge is 0.501 e. The standard InChI is InChI=1S/C54H53N2O.C14H15N2.Ir/c1-30(2)37-25-42(31(3)4)51(43(26-37)32(5)6)38-27-44(33(7)8)52(45(28-38)34(9)10)56-49-21-14-13-20-48(49)55-54(56)41-19-15-18-40-47-24-36-23-22-35-16-11-12-17-39(35)46(36)29-50(47)57-53(40)41;1-14(2,3)12-9-10-15-13(16-12)11-7-5-4-6-8-11;/h11-18,20-34H,1-10H3;4-7,9-10H,1-3H3;/q2*-1;. The molecule has 5 nitrogen and oxygen atoms in total. The summed E-state index contributed by atoms with van der Waals surface area (Å²) in [6.45, 7) is 29.8. The van der Waals surface area contributed by atoms with Gasteiger partial charge < -0.3 is 8.98 Å². The molecule has 0 aliphatic heterocycles. The van der Waals surface area contributed by atoms with Crippen molar-refractivity contribution in [3.05, 3.63) is 191 Å². The first-order valence-electron chi connectivity index (χ1n) is 26.3. The number of para-hydroxylation sites is 2. The van der Waals surface area contributed by atoms with Gasteiger partial charge in [-0.15, -0.1) is 54.1 Å². The van der Waals surface area contributed by atoms with Gasteiger partial charge in [0.1, 0.15) is 5.58 Å². The third-order valence-electron chi connectivity index (χ3n) is 14.5. The van der Waals surface area contributed by atoms with Crippen LogP contribution in [0, 0.1) is 12.1 Å².